The van der Waals surface area contributed by atoms with Crippen LogP contribution in [0.4, 0.5) is 5.00 Å². The first kappa shape index (κ1) is 17.0. The summed E-state index contributed by atoms with van der Waals surface area (Å²) in [4.78, 5) is 26.6. The first-order chi connectivity index (χ1) is 13.6. The number of hydrogen-bond acceptors (Lipinski definition) is 4. The molecule has 6 heteroatoms. The number of nitrogens with two attached hydrogens (primary N) is 1. The first-order valence-corrected chi connectivity index (χ1v) is 10.1. The van der Waals surface area contributed by atoms with Crippen LogP contribution in [0.1, 0.15) is 44.3 Å². The number of amides is 2. The molecular formula is C22H18N2O3S. The SMILES string of the molecule is NC(=O)c1c(NC(=O)C2c3ccccc3Oc3ccccc32)sc2c1CCC2. The Kier molecular flexibility index (Phi) is 3.94. The monoisotopic (exact) mass is 390 g/mol. The number of carbonyl (C=O) groups excluding carboxylic acids is 2. The summed E-state index contributed by atoms with van der Waals surface area (Å²) < 4.78 is 5.97. The van der Waals surface area contributed by atoms with Gasteiger partial charge in [0.05, 0.1) is 11.5 Å². The molecule has 0 unspecified atom stereocenters. The number of aryl methyl sites for hydroxylation is 1. The number of ether oxygens (including phenoxy) is 1. The first-order valence-electron chi connectivity index (χ1n) is 9.24. The van der Waals surface area contributed by atoms with Gasteiger partial charge in [0, 0.05) is 16.0 Å². The summed E-state index contributed by atoms with van der Waals surface area (Å²) in [6, 6.07) is 15.1. The number of nitrogens with one attached hydrogen (secondary N) is 1. The van der Waals surface area contributed by atoms with Gasteiger partial charge in [0.2, 0.25) is 5.91 Å². The van der Waals surface area contributed by atoms with Gasteiger partial charge in [-0.05, 0) is 37.0 Å². The van der Waals surface area contributed by atoms with Crippen LogP contribution >= 0.6 is 11.3 Å². The number of anilines is 1. The van der Waals surface area contributed by atoms with Crippen molar-refractivity contribution in [1.82, 2.24) is 0 Å². The lowest BCUT2D eigenvalue weighted by Crippen LogP contribution is -2.26. The van der Waals surface area contributed by atoms with E-state index in [1.54, 1.807) is 0 Å². The molecule has 1 aliphatic carbocycles. The Balaban J connectivity index is 1.56. The van der Waals surface area contributed by atoms with Crippen molar-refractivity contribution in [2.75, 3.05) is 5.32 Å². The van der Waals surface area contributed by atoms with Crippen molar-refractivity contribution in [1.29, 1.82) is 0 Å². The average Bonchev–Trinajstić information content (AvgIpc) is 3.26. The van der Waals surface area contributed by atoms with Gasteiger partial charge in [0.15, 0.2) is 0 Å². The number of carbonyl (C=O) groups is 2. The maximum Gasteiger partial charge on any atom is 0.251 e. The maximum absolute atomic E-state index is 13.4. The van der Waals surface area contributed by atoms with E-state index in [2.05, 4.69) is 5.32 Å². The molecule has 0 spiro atoms. The van der Waals surface area contributed by atoms with Crippen LogP contribution in [0.5, 0.6) is 11.5 Å². The number of rotatable bonds is 3. The van der Waals surface area contributed by atoms with Crippen LogP contribution in [0.2, 0.25) is 0 Å². The largest absolute Gasteiger partial charge is 0.457 e. The van der Waals surface area contributed by atoms with E-state index >= 15 is 0 Å². The van der Waals surface area contributed by atoms with Crippen molar-refractivity contribution in [3.05, 3.63) is 75.7 Å². The standard InChI is InChI=1S/C22H18N2O3S/c23-20(25)19-14-8-5-11-17(14)28-22(19)24-21(26)18-12-6-1-3-9-15(12)27-16-10-4-2-7-13(16)18/h1-4,6-7,9-10,18H,5,8,11H2,(H2,23,25)(H,24,26). The maximum atomic E-state index is 13.4. The number of para-hydroxylation sites is 2. The van der Waals surface area contributed by atoms with Gasteiger partial charge in [-0.15, -0.1) is 11.3 Å². The van der Waals surface area contributed by atoms with E-state index in [0.717, 1.165) is 40.8 Å². The van der Waals surface area contributed by atoms with E-state index < -0.39 is 11.8 Å². The highest BCUT2D eigenvalue weighted by molar-refractivity contribution is 7.17. The fourth-order valence-electron chi connectivity index (χ4n) is 4.13. The van der Waals surface area contributed by atoms with Crippen molar-refractivity contribution < 1.29 is 14.3 Å². The minimum absolute atomic E-state index is 0.189. The molecule has 1 aliphatic heterocycles. The highest BCUT2D eigenvalue weighted by atomic mass is 32.1. The molecule has 5 nitrogen and oxygen atoms in total. The molecule has 3 aromatic rings. The molecule has 0 atom stereocenters. The zero-order valence-electron chi connectivity index (χ0n) is 15.0. The van der Waals surface area contributed by atoms with Gasteiger partial charge in [-0.3, -0.25) is 9.59 Å². The lowest BCUT2D eigenvalue weighted by Gasteiger charge is -2.27. The second-order valence-corrected chi connectivity index (χ2v) is 8.13. The van der Waals surface area contributed by atoms with Gasteiger partial charge in [-0.25, -0.2) is 0 Å². The van der Waals surface area contributed by atoms with Crippen LogP contribution in [-0.4, -0.2) is 11.8 Å². The smallest absolute Gasteiger partial charge is 0.251 e. The van der Waals surface area contributed by atoms with Gasteiger partial charge in [-0.2, -0.15) is 0 Å². The van der Waals surface area contributed by atoms with E-state index in [1.807, 2.05) is 48.5 Å². The molecule has 2 aliphatic rings. The molecule has 3 N–H and O–H groups in total. The van der Waals surface area contributed by atoms with E-state index in [9.17, 15) is 9.59 Å². The molecule has 0 saturated carbocycles. The van der Waals surface area contributed by atoms with Gasteiger partial charge in [0.25, 0.3) is 5.91 Å². The third-order valence-corrected chi connectivity index (χ3v) is 6.55. The molecule has 28 heavy (non-hydrogen) atoms. The zero-order chi connectivity index (χ0) is 19.3. The van der Waals surface area contributed by atoms with Gasteiger partial charge in [0.1, 0.15) is 16.5 Å². The fraction of sp³-hybridized carbons (Fsp3) is 0.182. The Labute approximate surface area is 166 Å². The summed E-state index contributed by atoms with van der Waals surface area (Å²) >= 11 is 1.47. The normalized spacial score (nSPS) is 14.6. The van der Waals surface area contributed by atoms with E-state index in [0.29, 0.717) is 22.1 Å². The van der Waals surface area contributed by atoms with Crippen molar-refractivity contribution >= 4 is 28.2 Å². The summed E-state index contributed by atoms with van der Waals surface area (Å²) in [7, 11) is 0. The molecule has 0 saturated heterocycles. The van der Waals surface area contributed by atoms with Crippen molar-refractivity contribution in [3.8, 4) is 11.5 Å². The quantitative estimate of drug-likeness (QED) is 0.703. The summed E-state index contributed by atoms with van der Waals surface area (Å²) in [5.41, 5.74) is 8.73. The molecule has 0 fully saturated rings. The fourth-order valence-corrected chi connectivity index (χ4v) is 5.43. The highest BCUT2D eigenvalue weighted by Crippen LogP contribution is 2.45. The minimum atomic E-state index is -0.515. The lowest BCUT2D eigenvalue weighted by atomic mass is 9.87. The van der Waals surface area contributed by atoms with E-state index in [-0.39, 0.29) is 5.91 Å². The van der Waals surface area contributed by atoms with Crippen LogP contribution in [0.25, 0.3) is 0 Å². The highest BCUT2D eigenvalue weighted by Gasteiger charge is 2.34. The molecule has 0 radical (unpaired) electrons. The summed E-state index contributed by atoms with van der Waals surface area (Å²) in [5, 5.41) is 3.55. The predicted molar refractivity (Wildman–Crippen MR) is 108 cm³/mol. The predicted octanol–water partition coefficient (Wildman–Crippen LogP) is 4.21. The zero-order valence-corrected chi connectivity index (χ0v) is 15.8. The van der Waals surface area contributed by atoms with Gasteiger partial charge < -0.3 is 15.8 Å². The minimum Gasteiger partial charge on any atom is -0.457 e. The molecule has 0 bridgehead atoms. The van der Waals surface area contributed by atoms with E-state index in [4.69, 9.17) is 10.5 Å². The van der Waals surface area contributed by atoms with Crippen LogP contribution in [0.15, 0.2) is 48.5 Å². The number of benzene rings is 2. The topological polar surface area (TPSA) is 81.4 Å². The van der Waals surface area contributed by atoms with E-state index in [1.165, 1.54) is 11.3 Å². The second kappa shape index (κ2) is 6.49. The Hall–Kier alpha value is -3.12. The van der Waals surface area contributed by atoms with Crippen molar-refractivity contribution in [2.45, 2.75) is 25.2 Å². The van der Waals surface area contributed by atoms with Crippen LogP contribution in [0, 0.1) is 0 Å². The molecule has 5 rings (SSSR count). The molecule has 140 valence electrons. The summed E-state index contributed by atoms with van der Waals surface area (Å²) in [6.07, 6.45) is 2.79. The van der Waals surface area contributed by atoms with Gasteiger partial charge >= 0.3 is 0 Å². The number of thiophene rings is 1. The molecular weight excluding hydrogens is 372 g/mol. The number of primary amides is 1. The van der Waals surface area contributed by atoms with Crippen LogP contribution in [0.3, 0.4) is 0 Å². The molecule has 2 amide bonds. The molecule has 2 heterocycles. The number of fused-ring (bicyclic) bond motifs is 3. The third kappa shape index (κ3) is 2.60. The summed E-state index contributed by atoms with van der Waals surface area (Å²) in [6.45, 7) is 0. The second-order valence-electron chi connectivity index (χ2n) is 7.03. The Morgan fingerprint density at radius 3 is 2.29 bits per heavy atom. The molecule has 1 aromatic heterocycles. The van der Waals surface area contributed by atoms with Crippen molar-refractivity contribution in [3.63, 3.8) is 0 Å². The van der Waals surface area contributed by atoms with Crippen molar-refractivity contribution in [2.24, 2.45) is 5.73 Å². The Morgan fingerprint density at radius 2 is 1.64 bits per heavy atom. The Bertz CT molecular complexity index is 1070. The van der Waals surface area contributed by atoms with Crippen LogP contribution in [-0.2, 0) is 17.6 Å². The third-order valence-electron chi connectivity index (χ3n) is 5.35. The average molecular weight is 390 g/mol. The number of hydrogen-bond donors (Lipinski definition) is 2. The lowest BCUT2D eigenvalue weighted by molar-refractivity contribution is -0.116. The van der Waals surface area contributed by atoms with Gasteiger partial charge in [-0.1, -0.05) is 36.4 Å². The Morgan fingerprint density at radius 1 is 1.00 bits per heavy atom. The summed E-state index contributed by atoms with van der Waals surface area (Å²) in [5.74, 6) is 0.155. The molecule has 2 aromatic carbocycles. The van der Waals surface area contributed by atoms with Crippen LogP contribution < -0.4 is 15.8 Å².